The van der Waals surface area contributed by atoms with Crippen LogP contribution >= 0.6 is 0 Å². The lowest BCUT2D eigenvalue weighted by atomic mass is 9.81. The van der Waals surface area contributed by atoms with Crippen LogP contribution in [0.25, 0.3) is 10.9 Å². The number of carbonyl (C=O) groups is 3. The number of nitrogens with zero attached hydrogens (tertiary/aromatic N) is 3. The van der Waals surface area contributed by atoms with Crippen molar-refractivity contribution in [3.63, 3.8) is 0 Å². The number of benzene rings is 2. The first-order chi connectivity index (χ1) is 21.6. The summed E-state index contributed by atoms with van der Waals surface area (Å²) >= 11 is 0. The van der Waals surface area contributed by atoms with Gasteiger partial charge in [0, 0.05) is 36.5 Å². The van der Waals surface area contributed by atoms with Crippen molar-refractivity contribution in [1.82, 2.24) is 9.88 Å². The zero-order valence-electron chi connectivity index (χ0n) is 25.2. The first-order valence-corrected chi connectivity index (χ1v) is 16.4. The van der Waals surface area contributed by atoms with Gasteiger partial charge < -0.3 is 15.4 Å². The van der Waals surface area contributed by atoms with Crippen molar-refractivity contribution in [1.29, 1.82) is 0 Å². The highest BCUT2D eigenvalue weighted by atomic mass is 32.2. The van der Waals surface area contributed by atoms with Gasteiger partial charge in [0.1, 0.15) is 31.5 Å². The maximum Gasteiger partial charge on any atom is 0.497 e. The lowest BCUT2D eigenvalue weighted by Crippen LogP contribution is -2.61. The quantitative estimate of drug-likeness (QED) is 0.343. The van der Waals surface area contributed by atoms with Gasteiger partial charge in [-0.15, -0.1) is 0 Å². The minimum Gasteiger partial charge on any atom is -0.489 e. The molecular formula is C31H34F3N4O7S+. The molecule has 1 aromatic heterocycles. The van der Waals surface area contributed by atoms with Crippen LogP contribution in [0, 0.1) is 5.92 Å². The number of likely N-dealkylation sites (tertiary alicyclic amines) is 1. The third-order valence-electron chi connectivity index (χ3n) is 9.05. The Morgan fingerprint density at radius 1 is 1.11 bits per heavy atom. The Morgan fingerprint density at radius 2 is 1.76 bits per heavy atom. The summed E-state index contributed by atoms with van der Waals surface area (Å²) in [6, 6.07) is 15.6. The fraction of sp³-hybridized carbons (Fsp3) is 0.419. The van der Waals surface area contributed by atoms with Crippen LogP contribution in [0.5, 0.6) is 5.75 Å². The number of hydrogen-bond acceptors (Lipinski definition) is 8. The van der Waals surface area contributed by atoms with Gasteiger partial charge in [-0.05, 0) is 53.1 Å². The van der Waals surface area contributed by atoms with E-state index in [9.17, 15) is 36.0 Å². The first kappa shape index (κ1) is 33.1. The van der Waals surface area contributed by atoms with Crippen LogP contribution in [-0.2, 0) is 41.3 Å². The van der Waals surface area contributed by atoms with E-state index < -0.39 is 62.6 Å². The van der Waals surface area contributed by atoms with Crippen molar-refractivity contribution in [3.05, 3.63) is 71.9 Å². The van der Waals surface area contributed by atoms with Crippen LogP contribution in [0.15, 0.2) is 60.8 Å². The first-order valence-electron chi connectivity index (χ1n) is 14.6. The molecule has 0 radical (unpaired) electrons. The summed E-state index contributed by atoms with van der Waals surface area (Å²) in [6.07, 6.45) is -2.91. The minimum absolute atomic E-state index is 0.134. The van der Waals surface area contributed by atoms with Gasteiger partial charge in [0.25, 0.3) is 0 Å². The summed E-state index contributed by atoms with van der Waals surface area (Å²) in [5.41, 5.74) is 7.27. The van der Waals surface area contributed by atoms with E-state index in [0.717, 1.165) is 16.5 Å². The van der Waals surface area contributed by atoms with E-state index in [1.54, 1.807) is 37.4 Å². The Bertz CT molecular complexity index is 1750. The summed E-state index contributed by atoms with van der Waals surface area (Å²) < 4.78 is 68.2. The van der Waals surface area contributed by atoms with Gasteiger partial charge in [-0.2, -0.15) is 21.6 Å². The van der Waals surface area contributed by atoms with Crippen molar-refractivity contribution < 1.29 is 49.6 Å². The Balaban J connectivity index is 1.28. The number of primary amides is 1. The second-order valence-electron chi connectivity index (χ2n) is 11.9. The molecule has 3 aromatic rings. The van der Waals surface area contributed by atoms with Crippen molar-refractivity contribution in [3.8, 4) is 5.75 Å². The summed E-state index contributed by atoms with van der Waals surface area (Å²) in [5.74, 6) is -3.88. The van der Waals surface area contributed by atoms with Gasteiger partial charge in [-0.3, -0.25) is 14.6 Å². The zero-order valence-corrected chi connectivity index (χ0v) is 26.0. The largest absolute Gasteiger partial charge is 0.497 e. The van der Waals surface area contributed by atoms with Crippen molar-refractivity contribution in [2.45, 2.75) is 50.4 Å². The third-order valence-corrected chi connectivity index (χ3v) is 10.7. The maximum absolute atomic E-state index is 13.9. The van der Waals surface area contributed by atoms with E-state index >= 15 is 0 Å². The molecule has 2 aliphatic rings. The topological polar surface area (TPSA) is 146 Å². The van der Waals surface area contributed by atoms with Crippen molar-refractivity contribution in [2.24, 2.45) is 11.7 Å². The number of pyridine rings is 1. The van der Waals surface area contributed by atoms with E-state index in [1.165, 1.54) is 4.90 Å². The van der Waals surface area contributed by atoms with Crippen molar-refractivity contribution in [2.75, 3.05) is 25.9 Å². The van der Waals surface area contributed by atoms with Crippen molar-refractivity contribution >= 4 is 38.7 Å². The molecule has 2 amide bonds. The van der Waals surface area contributed by atoms with E-state index in [0.29, 0.717) is 30.6 Å². The monoisotopic (exact) mass is 663 g/mol. The maximum atomic E-state index is 13.9. The van der Waals surface area contributed by atoms with Gasteiger partial charge in [0.2, 0.25) is 11.8 Å². The number of halogens is 3. The number of para-hydroxylation sites is 1. The number of sulfonamides is 1. The fourth-order valence-electron chi connectivity index (χ4n) is 6.39. The molecule has 11 nitrogen and oxygen atoms in total. The molecule has 2 aliphatic heterocycles. The molecular weight excluding hydrogens is 629 g/mol. The average molecular weight is 664 g/mol. The van der Waals surface area contributed by atoms with Gasteiger partial charge in [-0.25, -0.2) is 9.63 Å². The molecule has 0 spiro atoms. The Kier molecular flexibility index (Phi) is 8.77. The molecule has 5 rings (SSSR count). The number of alkyl halides is 3. The van der Waals surface area contributed by atoms with Crippen LogP contribution in [0.1, 0.15) is 37.3 Å². The van der Waals surface area contributed by atoms with Gasteiger partial charge >= 0.3 is 22.2 Å². The Morgan fingerprint density at radius 3 is 2.37 bits per heavy atom. The number of amides is 2. The normalized spacial score (nSPS) is 24.5. The van der Waals surface area contributed by atoms with Crippen LogP contribution in [0.4, 0.5) is 13.2 Å². The predicted molar refractivity (Wildman–Crippen MR) is 159 cm³/mol. The number of rotatable bonds is 9. The second-order valence-corrected chi connectivity index (χ2v) is 14.1. The van der Waals surface area contributed by atoms with E-state index in [-0.39, 0.29) is 25.3 Å². The Labute approximate surface area is 263 Å². The summed E-state index contributed by atoms with van der Waals surface area (Å²) in [4.78, 5) is 48.4. The average Bonchev–Trinajstić information content (AvgIpc) is 3.30. The van der Waals surface area contributed by atoms with Crippen LogP contribution in [0.2, 0.25) is 0 Å². The molecule has 2 saturated heterocycles. The number of nitrogens with two attached hydrogens (primary N) is 1. The standard InChI is InChI=1S/C31H33F3N4O7S/c1-30(22-7-9-23(10-8-22)44-19-21-11-15-36-25-6-4-3-5-24(21)25)14-16-37(28(30)40)26(27(35)39)20-12-17-38(18-13-20,46(2,42)43)45-29(41)31(32,33)34/h3-11,15,20,26H,12-14,16-19H2,1-2H3,(H-,35,39)/p+1. The van der Waals surface area contributed by atoms with E-state index in [2.05, 4.69) is 9.82 Å². The molecule has 3 heterocycles. The molecule has 15 heteroatoms. The van der Waals surface area contributed by atoms with Gasteiger partial charge in [-0.1, -0.05) is 30.3 Å². The molecule has 0 bridgehead atoms. The summed E-state index contributed by atoms with van der Waals surface area (Å²) in [5, 5.41) is 0.982. The molecule has 2 atom stereocenters. The van der Waals surface area contributed by atoms with Crippen LogP contribution < -0.4 is 10.5 Å². The molecule has 2 aromatic carbocycles. The van der Waals surface area contributed by atoms with Gasteiger partial charge in [0.15, 0.2) is 0 Å². The highest BCUT2D eigenvalue weighted by Gasteiger charge is 2.56. The zero-order chi connectivity index (χ0) is 33.5. The molecule has 2 fully saturated rings. The number of fused-ring (bicyclic) bond motifs is 1. The highest BCUT2D eigenvalue weighted by molar-refractivity contribution is 7.85. The number of ether oxygens (including phenoxy) is 1. The van der Waals surface area contributed by atoms with Crippen LogP contribution in [0.3, 0.4) is 0 Å². The third kappa shape index (κ3) is 6.25. The SMILES string of the molecule is CC1(c2ccc(OCc3ccnc4ccccc34)cc2)CCN(C(C(N)=O)C2CC[N+](OC(=O)C(F)(F)F)(S(C)(=O)=O)CC2)C1=O. The predicted octanol–water partition coefficient (Wildman–Crippen LogP) is 3.36. The number of aromatic nitrogens is 1. The summed E-state index contributed by atoms with van der Waals surface area (Å²) in [6.45, 7) is 1.18. The fourth-order valence-corrected chi connectivity index (χ4v) is 7.47. The van der Waals surface area contributed by atoms with Gasteiger partial charge in [0.05, 0.1) is 17.2 Å². The highest BCUT2D eigenvalue weighted by Crippen LogP contribution is 2.40. The molecule has 0 saturated carbocycles. The van der Waals surface area contributed by atoms with E-state index in [1.807, 2.05) is 30.3 Å². The minimum atomic E-state index is -5.40. The molecule has 0 aliphatic carbocycles. The van der Waals surface area contributed by atoms with Crippen LogP contribution in [-0.4, -0.2) is 78.2 Å². The lowest BCUT2D eigenvalue weighted by molar-refractivity contribution is -0.992. The number of carbonyl (C=O) groups excluding carboxylic acids is 3. The lowest BCUT2D eigenvalue weighted by Gasteiger charge is -2.41. The molecule has 2 unspecified atom stereocenters. The number of quaternary nitrogens is 1. The Hall–Kier alpha value is -4.24. The molecule has 2 N–H and O–H groups in total. The van der Waals surface area contributed by atoms with E-state index in [4.69, 9.17) is 10.5 Å². The summed E-state index contributed by atoms with van der Waals surface area (Å²) in [7, 11) is -4.35. The number of hydroxylamine groups is 2. The smallest absolute Gasteiger partial charge is 0.489 e. The molecule has 46 heavy (non-hydrogen) atoms. The number of piperidine rings is 1. The number of hydrogen-bond donors (Lipinski definition) is 1. The molecule has 246 valence electrons. The second kappa shape index (κ2) is 12.2.